The summed E-state index contributed by atoms with van der Waals surface area (Å²) in [5.74, 6) is 0.284. The van der Waals surface area contributed by atoms with Crippen LogP contribution >= 0.6 is 0 Å². The lowest BCUT2D eigenvalue weighted by molar-refractivity contribution is -0.134. The molecule has 0 aromatic heterocycles. The minimum Gasteiger partial charge on any atom is -0.427 e. The lowest BCUT2D eigenvalue weighted by atomic mass is 10.2. The van der Waals surface area contributed by atoms with Gasteiger partial charge in [0.05, 0.1) is 19.8 Å². The van der Waals surface area contributed by atoms with E-state index in [0.29, 0.717) is 32.0 Å². The van der Waals surface area contributed by atoms with Crippen molar-refractivity contribution in [1.29, 1.82) is 0 Å². The molecular formula is C16H24O5. The standard InChI is InChI=1S/C16H24O5/c1-19-11-12-20-10-4-2-3-5-16(18)21-15-8-6-14(13-17)7-9-15/h6-9,17H,2-5,10-13H2,1H3. The number of methoxy groups -OCH3 is 1. The number of hydrogen-bond acceptors (Lipinski definition) is 5. The maximum atomic E-state index is 11.6. The molecule has 0 saturated heterocycles. The van der Waals surface area contributed by atoms with E-state index < -0.39 is 0 Å². The first-order valence-electron chi connectivity index (χ1n) is 7.23. The van der Waals surface area contributed by atoms with Crippen molar-refractivity contribution >= 4 is 5.97 Å². The van der Waals surface area contributed by atoms with E-state index in [1.54, 1.807) is 31.4 Å². The highest BCUT2D eigenvalue weighted by Gasteiger charge is 2.04. The largest absolute Gasteiger partial charge is 0.427 e. The molecule has 0 bridgehead atoms. The maximum Gasteiger partial charge on any atom is 0.311 e. The number of ether oxygens (including phenoxy) is 3. The Bertz CT molecular complexity index is 388. The minimum atomic E-state index is -0.230. The molecule has 1 rings (SSSR count). The first-order chi connectivity index (χ1) is 10.3. The van der Waals surface area contributed by atoms with Gasteiger partial charge in [-0.15, -0.1) is 0 Å². The summed E-state index contributed by atoms with van der Waals surface area (Å²) >= 11 is 0. The zero-order valence-corrected chi connectivity index (χ0v) is 12.5. The molecule has 5 heteroatoms. The van der Waals surface area contributed by atoms with Crippen molar-refractivity contribution in [2.24, 2.45) is 0 Å². The molecule has 0 heterocycles. The van der Waals surface area contributed by atoms with Crippen LogP contribution in [0.2, 0.25) is 0 Å². The van der Waals surface area contributed by atoms with E-state index in [1.807, 2.05) is 0 Å². The third kappa shape index (κ3) is 8.45. The highest BCUT2D eigenvalue weighted by molar-refractivity contribution is 5.72. The first-order valence-corrected chi connectivity index (χ1v) is 7.23. The molecule has 0 saturated carbocycles. The van der Waals surface area contributed by atoms with Crippen LogP contribution < -0.4 is 4.74 Å². The molecule has 1 aromatic rings. The lowest BCUT2D eigenvalue weighted by Crippen LogP contribution is -2.08. The van der Waals surface area contributed by atoms with Gasteiger partial charge in [0.1, 0.15) is 5.75 Å². The number of rotatable bonds is 11. The Kier molecular flexibility index (Phi) is 9.44. The van der Waals surface area contributed by atoms with Gasteiger partial charge in [-0.1, -0.05) is 18.6 Å². The lowest BCUT2D eigenvalue weighted by Gasteiger charge is -2.05. The van der Waals surface area contributed by atoms with Crippen LogP contribution in [0.1, 0.15) is 31.2 Å². The van der Waals surface area contributed by atoms with Gasteiger partial charge in [0.15, 0.2) is 0 Å². The third-order valence-electron chi connectivity index (χ3n) is 2.94. The second kappa shape index (κ2) is 11.3. The third-order valence-corrected chi connectivity index (χ3v) is 2.94. The Morgan fingerprint density at radius 3 is 2.48 bits per heavy atom. The van der Waals surface area contributed by atoms with Gasteiger partial charge in [-0.25, -0.2) is 0 Å². The number of esters is 1. The Balaban J connectivity index is 2.05. The van der Waals surface area contributed by atoms with Crippen LogP contribution in [0.25, 0.3) is 0 Å². The van der Waals surface area contributed by atoms with Crippen molar-refractivity contribution in [3.63, 3.8) is 0 Å². The molecule has 118 valence electrons. The van der Waals surface area contributed by atoms with Crippen LogP contribution in [0.3, 0.4) is 0 Å². The molecular weight excluding hydrogens is 272 g/mol. The van der Waals surface area contributed by atoms with E-state index in [9.17, 15) is 4.79 Å². The SMILES string of the molecule is COCCOCCCCCC(=O)Oc1ccc(CO)cc1. The summed E-state index contributed by atoms with van der Waals surface area (Å²) in [7, 11) is 1.65. The molecule has 0 aliphatic carbocycles. The molecule has 21 heavy (non-hydrogen) atoms. The highest BCUT2D eigenvalue weighted by Crippen LogP contribution is 2.13. The summed E-state index contributed by atoms with van der Waals surface area (Å²) in [6.45, 7) is 1.91. The monoisotopic (exact) mass is 296 g/mol. The van der Waals surface area contributed by atoms with Crippen molar-refractivity contribution in [3.8, 4) is 5.75 Å². The summed E-state index contributed by atoms with van der Waals surface area (Å²) < 4.78 is 15.4. The molecule has 0 amide bonds. The van der Waals surface area contributed by atoms with Crippen molar-refractivity contribution in [1.82, 2.24) is 0 Å². The van der Waals surface area contributed by atoms with E-state index >= 15 is 0 Å². The number of carbonyl (C=O) groups excluding carboxylic acids is 1. The molecule has 5 nitrogen and oxygen atoms in total. The maximum absolute atomic E-state index is 11.6. The summed E-state index contributed by atoms with van der Waals surface area (Å²) in [6, 6.07) is 6.85. The molecule has 0 aliphatic heterocycles. The van der Waals surface area contributed by atoms with E-state index in [4.69, 9.17) is 19.3 Å². The number of aliphatic hydroxyl groups is 1. The smallest absolute Gasteiger partial charge is 0.311 e. The zero-order chi connectivity index (χ0) is 15.3. The summed E-state index contributed by atoms with van der Waals surface area (Å²) in [4.78, 5) is 11.6. The van der Waals surface area contributed by atoms with Crippen molar-refractivity contribution in [2.45, 2.75) is 32.3 Å². The normalized spacial score (nSPS) is 10.6. The quantitative estimate of drug-likeness (QED) is 0.385. The Hall–Kier alpha value is -1.43. The van der Waals surface area contributed by atoms with Gasteiger partial charge in [0.2, 0.25) is 0 Å². The van der Waals surface area contributed by atoms with Crippen LogP contribution in [-0.4, -0.2) is 38.0 Å². The van der Waals surface area contributed by atoms with Gasteiger partial charge >= 0.3 is 5.97 Å². The fourth-order valence-electron chi connectivity index (χ4n) is 1.74. The van der Waals surface area contributed by atoms with Gasteiger partial charge in [-0.2, -0.15) is 0 Å². The summed E-state index contributed by atoms with van der Waals surface area (Å²) in [5, 5.41) is 8.92. The van der Waals surface area contributed by atoms with Gasteiger partial charge in [-0.05, 0) is 30.5 Å². The van der Waals surface area contributed by atoms with Crippen molar-refractivity contribution in [2.75, 3.05) is 26.9 Å². The molecule has 1 N–H and O–H groups in total. The molecule has 0 atom stereocenters. The van der Waals surface area contributed by atoms with E-state index in [1.165, 1.54) is 0 Å². The van der Waals surface area contributed by atoms with Gasteiger partial charge in [0.25, 0.3) is 0 Å². The predicted molar refractivity (Wildman–Crippen MR) is 79.2 cm³/mol. The molecule has 0 fully saturated rings. The Morgan fingerprint density at radius 2 is 1.81 bits per heavy atom. The van der Waals surface area contributed by atoms with E-state index in [-0.39, 0.29) is 12.6 Å². The van der Waals surface area contributed by atoms with Crippen LogP contribution in [0.4, 0.5) is 0 Å². The minimum absolute atomic E-state index is 0.0132. The number of hydrogen-bond donors (Lipinski definition) is 1. The average molecular weight is 296 g/mol. The van der Waals surface area contributed by atoms with Crippen LogP contribution in [0.5, 0.6) is 5.75 Å². The molecule has 0 aliphatic rings. The van der Waals surface area contributed by atoms with E-state index in [2.05, 4.69) is 0 Å². The van der Waals surface area contributed by atoms with Gasteiger partial charge in [0, 0.05) is 20.1 Å². The highest BCUT2D eigenvalue weighted by atomic mass is 16.5. The second-order valence-electron chi connectivity index (χ2n) is 4.69. The molecule has 0 spiro atoms. The zero-order valence-electron chi connectivity index (χ0n) is 12.5. The van der Waals surface area contributed by atoms with Crippen molar-refractivity contribution < 1.29 is 24.1 Å². The Morgan fingerprint density at radius 1 is 1.05 bits per heavy atom. The predicted octanol–water partition coefficient (Wildman–Crippen LogP) is 2.31. The first kappa shape index (κ1) is 17.6. The van der Waals surface area contributed by atoms with Crippen LogP contribution in [0, 0.1) is 0 Å². The molecule has 0 radical (unpaired) electrons. The number of unbranched alkanes of at least 4 members (excludes halogenated alkanes) is 2. The number of benzene rings is 1. The fourth-order valence-corrected chi connectivity index (χ4v) is 1.74. The number of aliphatic hydroxyl groups excluding tert-OH is 1. The van der Waals surface area contributed by atoms with Crippen LogP contribution in [0.15, 0.2) is 24.3 Å². The topological polar surface area (TPSA) is 65.0 Å². The van der Waals surface area contributed by atoms with Crippen molar-refractivity contribution in [3.05, 3.63) is 29.8 Å². The molecule has 0 unspecified atom stereocenters. The van der Waals surface area contributed by atoms with E-state index in [0.717, 1.165) is 24.8 Å². The summed E-state index contributed by atoms with van der Waals surface area (Å²) in [6.07, 6.45) is 3.06. The average Bonchev–Trinajstić information content (AvgIpc) is 2.50. The number of carbonyl (C=O) groups is 1. The van der Waals surface area contributed by atoms with Gasteiger partial charge in [-0.3, -0.25) is 4.79 Å². The summed E-state index contributed by atoms with van der Waals surface area (Å²) in [5.41, 5.74) is 0.795. The van der Waals surface area contributed by atoms with Crippen LogP contribution in [-0.2, 0) is 20.9 Å². The Labute approximate surface area is 125 Å². The van der Waals surface area contributed by atoms with Gasteiger partial charge < -0.3 is 19.3 Å². The second-order valence-corrected chi connectivity index (χ2v) is 4.69. The molecule has 1 aromatic carbocycles. The fraction of sp³-hybridized carbons (Fsp3) is 0.562.